The number of nitrogens with zero attached hydrogens (tertiary/aromatic N) is 1. The van der Waals surface area contributed by atoms with Gasteiger partial charge in [0.25, 0.3) is 0 Å². The quantitative estimate of drug-likeness (QED) is 0.748. The Bertz CT molecular complexity index is 236. The van der Waals surface area contributed by atoms with Crippen molar-refractivity contribution in [3.8, 4) is 0 Å². The second kappa shape index (κ2) is 6.38. The first-order valence-electron chi connectivity index (χ1n) is 7.71. The van der Waals surface area contributed by atoms with Crippen molar-refractivity contribution in [3.63, 3.8) is 0 Å². The van der Waals surface area contributed by atoms with E-state index in [4.69, 9.17) is 0 Å². The van der Waals surface area contributed by atoms with Gasteiger partial charge in [-0.25, -0.2) is 0 Å². The Labute approximate surface area is 115 Å². The van der Waals surface area contributed by atoms with Crippen molar-refractivity contribution in [2.24, 2.45) is 11.8 Å². The van der Waals surface area contributed by atoms with Gasteiger partial charge in [-0.1, -0.05) is 27.7 Å². The molecule has 0 saturated heterocycles. The summed E-state index contributed by atoms with van der Waals surface area (Å²) in [6.45, 7) is 18.5. The Kier molecular flexibility index (Phi) is 5.67. The average Bonchev–Trinajstić information content (AvgIpc) is 2.95. The number of hydrogen-bond acceptors (Lipinski definition) is 2. The third kappa shape index (κ3) is 5.71. The van der Waals surface area contributed by atoms with E-state index in [1.54, 1.807) is 0 Å². The summed E-state index contributed by atoms with van der Waals surface area (Å²) < 4.78 is 0. The van der Waals surface area contributed by atoms with Crippen LogP contribution in [0.15, 0.2) is 0 Å². The van der Waals surface area contributed by atoms with E-state index in [1.165, 1.54) is 19.4 Å². The van der Waals surface area contributed by atoms with Crippen LogP contribution in [0.25, 0.3) is 0 Å². The van der Waals surface area contributed by atoms with Crippen LogP contribution in [-0.4, -0.2) is 35.6 Å². The zero-order valence-corrected chi connectivity index (χ0v) is 13.6. The lowest BCUT2D eigenvalue weighted by Gasteiger charge is -2.38. The van der Waals surface area contributed by atoms with Gasteiger partial charge in [-0.3, -0.25) is 4.90 Å². The minimum atomic E-state index is 0.222. The zero-order valence-electron chi connectivity index (χ0n) is 13.6. The monoisotopic (exact) mass is 254 g/mol. The van der Waals surface area contributed by atoms with Crippen LogP contribution in [0.3, 0.4) is 0 Å². The molecule has 1 aliphatic rings. The molecule has 2 nitrogen and oxygen atoms in total. The van der Waals surface area contributed by atoms with Crippen molar-refractivity contribution in [3.05, 3.63) is 0 Å². The lowest BCUT2D eigenvalue weighted by atomic mass is 9.99. The molecule has 18 heavy (non-hydrogen) atoms. The van der Waals surface area contributed by atoms with E-state index in [0.717, 1.165) is 24.4 Å². The summed E-state index contributed by atoms with van der Waals surface area (Å²) in [4.78, 5) is 2.77. The molecule has 1 fully saturated rings. The lowest BCUT2D eigenvalue weighted by molar-refractivity contribution is 0.120. The molecule has 1 N–H and O–H groups in total. The van der Waals surface area contributed by atoms with Crippen molar-refractivity contribution in [2.45, 2.75) is 78.9 Å². The molecule has 0 bridgehead atoms. The van der Waals surface area contributed by atoms with Crippen LogP contribution in [0.1, 0.15) is 61.3 Å². The zero-order chi connectivity index (χ0) is 13.9. The molecule has 1 aliphatic carbocycles. The summed E-state index contributed by atoms with van der Waals surface area (Å²) in [5, 5.41) is 3.70. The molecule has 108 valence electrons. The molecule has 1 atom stereocenters. The van der Waals surface area contributed by atoms with E-state index in [2.05, 4.69) is 58.7 Å². The lowest BCUT2D eigenvalue weighted by Crippen LogP contribution is -2.51. The predicted molar refractivity (Wildman–Crippen MR) is 80.9 cm³/mol. The molecule has 2 heteroatoms. The van der Waals surface area contributed by atoms with Crippen LogP contribution in [-0.2, 0) is 0 Å². The van der Waals surface area contributed by atoms with Crippen LogP contribution in [0.4, 0.5) is 0 Å². The van der Waals surface area contributed by atoms with E-state index < -0.39 is 0 Å². The van der Waals surface area contributed by atoms with Gasteiger partial charge in [0.15, 0.2) is 0 Å². The van der Waals surface area contributed by atoms with Gasteiger partial charge < -0.3 is 5.32 Å². The highest BCUT2D eigenvalue weighted by molar-refractivity contribution is 4.92. The van der Waals surface area contributed by atoms with Gasteiger partial charge in [0.05, 0.1) is 0 Å². The Morgan fingerprint density at radius 3 is 2.00 bits per heavy atom. The highest BCUT2D eigenvalue weighted by Gasteiger charge is 2.35. The fraction of sp³-hybridized carbons (Fsp3) is 1.00. The highest BCUT2D eigenvalue weighted by atomic mass is 15.2. The van der Waals surface area contributed by atoms with Crippen LogP contribution in [0, 0.1) is 11.8 Å². The van der Waals surface area contributed by atoms with Crippen molar-refractivity contribution in [1.29, 1.82) is 0 Å². The molecule has 0 spiro atoms. The topological polar surface area (TPSA) is 15.3 Å². The van der Waals surface area contributed by atoms with E-state index in [0.29, 0.717) is 6.04 Å². The Balaban J connectivity index is 2.62. The van der Waals surface area contributed by atoms with Crippen LogP contribution >= 0.6 is 0 Å². The fourth-order valence-corrected chi connectivity index (χ4v) is 2.53. The molecule has 1 unspecified atom stereocenters. The summed E-state index contributed by atoms with van der Waals surface area (Å²) in [7, 11) is 0. The minimum absolute atomic E-state index is 0.222. The number of nitrogens with one attached hydrogen (secondary N) is 1. The standard InChI is InChI=1S/C16H34N2/c1-12(2)11-18(14-8-9-14)15(13(3)4)10-17-16(5,6)7/h12-15,17H,8-11H2,1-7H3. The molecule has 0 aromatic carbocycles. The third-order valence-electron chi connectivity index (χ3n) is 3.63. The summed E-state index contributed by atoms with van der Waals surface area (Å²) in [6.07, 6.45) is 2.82. The Morgan fingerprint density at radius 1 is 1.11 bits per heavy atom. The molecule has 0 aromatic rings. The van der Waals surface area contributed by atoms with Crippen molar-refractivity contribution < 1.29 is 0 Å². The van der Waals surface area contributed by atoms with Gasteiger partial charge >= 0.3 is 0 Å². The van der Waals surface area contributed by atoms with E-state index in [-0.39, 0.29) is 5.54 Å². The molecule has 0 aliphatic heterocycles. The average molecular weight is 254 g/mol. The molecule has 1 rings (SSSR count). The van der Waals surface area contributed by atoms with E-state index in [9.17, 15) is 0 Å². The summed E-state index contributed by atoms with van der Waals surface area (Å²) in [5.74, 6) is 1.49. The maximum absolute atomic E-state index is 3.70. The molecule has 1 saturated carbocycles. The molecular formula is C16H34N2. The first-order valence-corrected chi connectivity index (χ1v) is 7.71. The molecule has 0 amide bonds. The smallest absolute Gasteiger partial charge is 0.0246 e. The Hall–Kier alpha value is -0.0800. The largest absolute Gasteiger partial charge is 0.311 e. The van der Waals surface area contributed by atoms with Gasteiger partial charge in [-0.2, -0.15) is 0 Å². The second-order valence-electron chi connectivity index (χ2n) is 7.76. The SMILES string of the molecule is CC(C)CN(C1CC1)C(CNC(C)(C)C)C(C)C. The normalized spacial score (nSPS) is 19.0. The van der Waals surface area contributed by atoms with Gasteiger partial charge in [-0.15, -0.1) is 0 Å². The van der Waals surface area contributed by atoms with Gasteiger partial charge in [0, 0.05) is 30.7 Å². The summed E-state index contributed by atoms with van der Waals surface area (Å²) >= 11 is 0. The molecular weight excluding hydrogens is 220 g/mol. The van der Waals surface area contributed by atoms with E-state index in [1.807, 2.05) is 0 Å². The van der Waals surface area contributed by atoms with Gasteiger partial charge in [0.1, 0.15) is 0 Å². The van der Waals surface area contributed by atoms with Gasteiger partial charge in [-0.05, 0) is 45.4 Å². The maximum atomic E-state index is 3.70. The third-order valence-corrected chi connectivity index (χ3v) is 3.63. The first kappa shape index (κ1) is 16.0. The number of hydrogen-bond donors (Lipinski definition) is 1. The van der Waals surface area contributed by atoms with Crippen LogP contribution in [0.2, 0.25) is 0 Å². The van der Waals surface area contributed by atoms with Crippen molar-refractivity contribution >= 4 is 0 Å². The van der Waals surface area contributed by atoms with Crippen molar-refractivity contribution in [2.75, 3.05) is 13.1 Å². The number of rotatable bonds is 7. The first-order chi connectivity index (χ1) is 8.20. The fourth-order valence-electron chi connectivity index (χ4n) is 2.53. The maximum Gasteiger partial charge on any atom is 0.0246 e. The molecule has 0 radical (unpaired) electrons. The van der Waals surface area contributed by atoms with Gasteiger partial charge in [0.2, 0.25) is 0 Å². The van der Waals surface area contributed by atoms with Crippen LogP contribution < -0.4 is 5.32 Å². The summed E-state index contributed by atoms with van der Waals surface area (Å²) in [5.41, 5.74) is 0.222. The highest BCUT2D eigenvalue weighted by Crippen LogP contribution is 2.31. The predicted octanol–water partition coefficient (Wildman–Crippen LogP) is 3.52. The van der Waals surface area contributed by atoms with Crippen LogP contribution in [0.5, 0.6) is 0 Å². The Morgan fingerprint density at radius 2 is 1.67 bits per heavy atom. The second-order valence-corrected chi connectivity index (χ2v) is 7.76. The summed E-state index contributed by atoms with van der Waals surface area (Å²) in [6, 6.07) is 1.54. The minimum Gasteiger partial charge on any atom is -0.311 e. The molecule has 0 aromatic heterocycles. The van der Waals surface area contributed by atoms with Crippen molar-refractivity contribution in [1.82, 2.24) is 10.2 Å². The van der Waals surface area contributed by atoms with E-state index >= 15 is 0 Å². The molecule has 0 heterocycles.